The van der Waals surface area contributed by atoms with E-state index < -0.39 is 0 Å². The van der Waals surface area contributed by atoms with Crippen LogP contribution >= 0.6 is 11.6 Å². The minimum Gasteiger partial charge on any atom is -0.479 e. The number of amides is 1. The molecule has 3 rings (SSSR count). The summed E-state index contributed by atoms with van der Waals surface area (Å²) in [7, 11) is 0. The molecule has 4 nitrogen and oxygen atoms in total. The highest BCUT2D eigenvalue weighted by Crippen LogP contribution is 2.32. The number of carbonyl (C=O) groups excluding carboxylic acids is 1. The van der Waals surface area contributed by atoms with E-state index in [1.165, 1.54) is 19.3 Å². The van der Waals surface area contributed by atoms with Gasteiger partial charge in [-0.3, -0.25) is 4.79 Å². The van der Waals surface area contributed by atoms with Crippen LogP contribution in [0, 0.1) is 17.2 Å². The molecule has 0 aromatic heterocycles. The first-order valence-electron chi connectivity index (χ1n) is 8.77. The zero-order valence-corrected chi connectivity index (χ0v) is 14.6. The SMILES string of the molecule is N#CCOc1ccc(CC2CCN(C3CCCCC3)C2=O)c(Cl)c1. The van der Waals surface area contributed by atoms with E-state index in [4.69, 9.17) is 21.6 Å². The van der Waals surface area contributed by atoms with Crippen LogP contribution in [0.1, 0.15) is 44.1 Å². The van der Waals surface area contributed by atoms with Crippen molar-refractivity contribution in [1.82, 2.24) is 4.90 Å². The molecule has 1 atom stereocenters. The predicted octanol–water partition coefficient (Wildman–Crippen LogP) is 3.97. The average molecular weight is 347 g/mol. The topological polar surface area (TPSA) is 53.3 Å². The monoisotopic (exact) mass is 346 g/mol. The third kappa shape index (κ3) is 3.84. The van der Waals surface area contributed by atoms with Gasteiger partial charge in [0.2, 0.25) is 5.91 Å². The summed E-state index contributed by atoms with van der Waals surface area (Å²) < 4.78 is 5.26. The molecular weight excluding hydrogens is 324 g/mol. The predicted molar refractivity (Wildman–Crippen MR) is 93.0 cm³/mol. The van der Waals surface area contributed by atoms with Gasteiger partial charge in [0.05, 0.1) is 0 Å². The van der Waals surface area contributed by atoms with E-state index in [2.05, 4.69) is 4.90 Å². The normalized spacial score (nSPS) is 21.8. The minimum atomic E-state index is 0.00708. The van der Waals surface area contributed by atoms with Crippen LogP contribution in [0.4, 0.5) is 0 Å². The van der Waals surface area contributed by atoms with E-state index in [1.807, 2.05) is 18.2 Å². The first-order chi connectivity index (χ1) is 11.7. The molecule has 128 valence electrons. The molecule has 1 amide bonds. The second kappa shape index (κ2) is 7.90. The van der Waals surface area contributed by atoms with Gasteiger partial charge in [-0.15, -0.1) is 0 Å². The van der Waals surface area contributed by atoms with Gasteiger partial charge in [0.1, 0.15) is 11.8 Å². The molecule has 1 aliphatic carbocycles. The summed E-state index contributed by atoms with van der Waals surface area (Å²) in [6.07, 6.45) is 7.70. The Balaban J connectivity index is 1.62. The van der Waals surface area contributed by atoms with Crippen molar-refractivity contribution in [2.45, 2.75) is 51.0 Å². The highest BCUT2D eigenvalue weighted by Gasteiger charge is 2.36. The largest absolute Gasteiger partial charge is 0.479 e. The maximum atomic E-state index is 12.8. The minimum absolute atomic E-state index is 0.00708. The molecule has 1 saturated heterocycles. The quantitative estimate of drug-likeness (QED) is 0.810. The molecular formula is C19H23ClN2O2. The summed E-state index contributed by atoms with van der Waals surface area (Å²) in [6.45, 7) is 0.891. The summed E-state index contributed by atoms with van der Waals surface area (Å²) in [6, 6.07) is 7.84. The van der Waals surface area contributed by atoms with Crippen molar-refractivity contribution in [3.8, 4) is 11.8 Å². The lowest BCUT2D eigenvalue weighted by Crippen LogP contribution is -2.39. The summed E-state index contributed by atoms with van der Waals surface area (Å²) >= 11 is 6.33. The molecule has 1 aromatic carbocycles. The Labute approximate surface area is 148 Å². The van der Waals surface area contributed by atoms with Crippen LogP contribution in [0.25, 0.3) is 0 Å². The first-order valence-corrected chi connectivity index (χ1v) is 9.15. The Morgan fingerprint density at radius 2 is 2.04 bits per heavy atom. The molecule has 24 heavy (non-hydrogen) atoms. The van der Waals surface area contributed by atoms with Crippen molar-refractivity contribution in [2.24, 2.45) is 5.92 Å². The zero-order chi connectivity index (χ0) is 16.9. The van der Waals surface area contributed by atoms with E-state index in [1.54, 1.807) is 6.07 Å². The highest BCUT2D eigenvalue weighted by molar-refractivity contribution is 6.31. The van der Waals surface area contributed by atoms with Crippen molar-refractivity contribution >= 4 is 17.5 Å². The number of rotatable bonds is 5. The number of ether oxygens (including phenoxy) is 1. The lowest BCUT2D eigenvalue weighted by atomic mass is 9.94. The summed E-state index contributed by atoms with van der Waals surface area (Å²) in [5.41, 5.74) is 0.977. The summed E-state index contributed by atoms with van der Waals surface area (Å²) in [5, 5.41) is 9.16. The molecule has 1 aliphatic heterocycles. The van der Waals surface area contributed by atoms with E-state index in [-0.39, 0.29) is 12.5 Å². The summed E-state index contributed by atoms with van der Waals surface area (Å²) in [4.78, 5) is 14.9. The van der Waals surface area contributed by atoms with E-state index >= 15 is 0 Å². The van der Waals surface area contributed by atoms with Gasteiger partial charge < -0.3 is 9.64 Å². The van der Waals surface area contributed by atoms with Gasteiger partial charge in [0.25, 0.3) is 0 Å². The molecule has 1 heterocycles. The van der Waals surface area contributed by atoms with Gasteiger partial charge in [0.15, 0.2) is 6.61 Å². The van der Waals surface area contributed by atoms with Gasteiger partial charge in [0, 0.05) is 23.5 Å². The van der Waals surface area contributed by atoms with Crippen LogP contribution in [0.3, 0.4) is 0 Å². The zero-order valence-electron chi connectivity index (χ0n) is 13.8. The Kier molecular flexibility index (Phi) is 5.63. The van der Waals surface area contributed by atoms with Gasteiger partial charge in [-0.1, -0.05) is 36.9 Å². The fraction of sp³-hybridized carbons (Fsp3) is 0.579. The van der Waals surface area contributed by atoms with Crippen LogP contribution < -0.4 is 4.74 Å². The van der Waals surface area contributed by atoms with Crippen LogP contribution in [0.5, 0.6) is 5.75 Å². The average Bonchev–Trinajstić information content (AvgIpc) is 2.96. The fourth-order valence-electron chi connectivity index (χ4n) is 3.87. The van der Waals surface area contributed by atoms with E-state index in [0.717, 1.165) is 31.4 Å². The number of nitrogens with zero attached hydrogens (tertiary/aromatic N) is 2. The molecule has 0 bridgehead atoms. The molecule has 1 unspecified atom stereocenters. The maximum absolute atomic E-state index is 12.8. The highest BCUT2D eigenvalue weighted by atomic mass is 35.5. The van der Waals surface area contributed by atoms with E-state index in [9.17, 15) is 4.79 Å². The lowest BCUT2D eigenvalue weighted by molar-refractivity contribution is -0.133. The Morgan fingerprint density at radius 3 is 2.75 bits per heavy atom. The van der Waals surface area contributed by atoms with Crippen molar-refractivity contribution in [2.75, 3.05) is 13.2 Å². The van der Waals surface area contributed by atoms with Crippen molar-refractivity contribution in [3.05, 3.63) is 28.8 Å². The Morgan fingerprint density at radius 1 is 1.25 bits per heavy atom. The number of hydrogen-bond donors (Lipinski definition) is 0. The van der Waals surface area contributed by atoms with Crippen LogP contribution in [0.15, 0.2) is 18.2 Å². The molecule has 5 heteroatoms. The molecule has 2 aliphatic rings. The Bertz CT molecular complexity index is 635. The molecule has 2 fully saturated rings. The number of benzene rings is 1. The molecule has 0 radical (unpaired) electrons. The van der Waals surface area contributed by atoms with Gasteiger partial charge >= 0.3 is 0 Å². The number of carbonyl (C=O) groups is 1. The maximum Gasteiger partial charge on any atom is 0.226 e. The van der Waals surface area contributed by atoms with Crippen molar-refractivity contribution < 1.29 is 9.53 Å². The fourth-order valence-corrected chi connectivity index (χ4v) is 4.12. The number of halogens is 1. The van der Waals surface area contributed by atoms with Crippen LogP contribution in [-0.2, 0) is 11.2 Å². The lowest BCUT2D eigenvalue weighted by Gasteiger charge is -2.31. The third-order valence-electron chi connectivity index (χ3n) is 5.16. The van der Waals surface area contributed by atoms with Crippen LogP contribution in [0.2, 0.25) is 5.02 Å². The summed E-state index contributed by atoms with van der Waals surface area (Å²) in [5.74, 6) is 0.921. The molecule has 0 spiro atoms. The van der Waals surface area contributed by atoms with Crippen molar-refractivity contribution in [3.63, 3.8) is 0 Å². The standard InChI is InChI=1S/C19H23ClN2O2/c20-18-13-17(24-11-9-21)7-6-14(18)12-15-8-10-22(19(15)23)16-4-2-1-3-5-16/h6-7,13,15-16H,1-5,8,10-12H2. The number of nitriles is 1. The van der Waals surface area contributed by atoms with Crippen molar-refractivity contribution in [1.29, 1.82) is 5.26 Å². The van der Waals surface area contributed by atoms with Gasteiger partial charge in [-0.05, 0) is 43.4 Å². The first kappa shape index (κ1) is 17.1. The number of hydrogen-bond acceptors (Lipinski definition) is 3. The Hall–Kier alpha value is -1.73. The van der Waals surface area contributed by atoms with Gasteiger partial charge in [-0.2, -0.15) is 5.26 Å². The van der Waals surface area contributed by atoms with Crippen LogP contribution in [-0.4, -0.2) is 30.0 Å². The van der Waals surface area contributed by atoms with Gasteiger partial charge in [-0.25, -0.2) is 0 Å². The molecule has 1 aromatic rings. The number of likely N-dealkylation sites (tertiary alicyclic amines) is 1. The third-order valence-corrected chi connectivity index (χ3v) is 5.51. The van der Waals surface area contributed by atoms with E-state index in [0.29, 0.717) is 29.1 Å². The second-order valence-corrected chi connectivity index (χ2v) is 7.12. The second-order valence-electron chi connectivity index (χ2n) is 6.71. The molecule has 1 saturated carbocycles. The molecule has 0 N–H and O–H groups in total. The smallest absolute Gasteiger partial charge is 0.226 e.